The minimum atomic E-state index is -1.10. The Bertz CT molecular complexity index is 712. The molecule has 0 aromatic heterocycles. The van der Waals surface area contributed by atoms with Gasteiger partial charge in [-0.05, 0) is 29.8 Å². The summed E-state index contributed by atoms with van der Waals surface area (Å²) < 4.78 is 25.8. The number of nitrogens with one attached hydrogen (secondary N) is 1. The summed E-state index contributed by atoms with van der Waals surface area (Å²) in [5, 5.41) is 2.61. The molecule has 112 valence electrons. The summed E-state index contributed by atoms with van der Waals surface area (Å²) in [5.41, 5.74) is 0.905. The van der Waals surface area contributed by atoms with Crippen LogP contribution < -0.4 is 5.32 Å². The van der Waals surface area contributed by atoms with E-state index in [9.17, 15) is 18.4 Å². The zero-order chi connectivity index (χ0) is 15.9. The van der Waals surface area contributed by atoms with Gasteiger partial charge in [0.15, 0.2) is 17.4 Å². The second-order valence-corrected chi connectivity index (χ2v) is 4.53. The van der Waals surface area contributed by atoms with Gasteiger partial charge in [0.1, 0.15) is 0 Å². The zero-order valence-electron chi connectivity index (χ0n) is 11.6. The summed E-state index contributed by atoms with van der Waals surface area (Å²) in [6.07, 6.45) is 2.08. The van der Waals surface area contributed by atoms with Crippen LogP contribution in [0.4, 0.5) is 8.78 Å². The quantitative estimate of drug-likeness (QED) is 0.681. The van der Waals surface area contributed by atoms with E-state index in [1.54, 1.807) is 0 Å². The van der Waals surface area contributed by atoms with E-state index in [-0.39, 0.29) is 5.56 Å². The van der Waals surface area contributed by atoms with Crippen molar-refractivity contribution in [2.75, 3.05) is 0 Å². The molecule has 0 unspecified atom stereocenters. The Morgan fingerprint density at radius 3 is 2.36 bits per heavy atom. The predicted molar refractivity (Wildman–Crippen MR) is 78.1 cm³/mol. The lowest BCUT2D eigenvalue weighted by atomic mass is 10.1. The summed E-state index contributed by atoms with van der Waals surface area (Å²) in [6, 6.07) is 12.1. The third kappa shape index (κ3) is 4.34. The van der Waals surface area contributed by atoms with Gasteiger partial charge in [0.25, 0.3) is 0 Å². The van der Waals surface area contributed by atoms with Gasteiger partial charge >= 0.3 is 0 Å². The highest BCUT2D eigenvalue weighted by molar-refractivity contribution is 6.07. The van der Waals surface area contributed by atoms with E-state index < -0.39 is 23.3 Å². The SMILES string of the molecule is O=C(/C=C/C(=O)c1ccc(F)c(F)c1)NCc1ccccc1. The number of hydrogen-bond donors (Lipinski definition) is 1. The fourth-order valence-electron chi connectivity index (χ4n) is 1.74. The van der Waals surface area contributed by atoms with Crippen molar-refractivity contribution in [3.8, 4) is 0 Å². The van der Waals surface area contributed by atoms with Crippen LogP contribution in [0.15, 0.2) is 60.7 Å². The number of benzene rings is 2. The van der Waals surface area contributed by atoms with Crippen LogP contribution in [-0.2, 0) is 11.3 Å². The number of rotatable bonds is 5. The summed E-state index contributed by atoms with van der Waals surface area (Å²) in [7, 11) is 0. The fourth-order valence-corrected chi connectivity index (χ4v) is 1.74. The Kier molecular flexibility index (Phi) is 5.14. The van der Waals surface area contributed by atoms with E-state index >= 15 is 0 Å². The molecule has 0 spiro atoms. The first-order valence-corrected chi connectivity index (χ1v) is 6.55. The molecule has 3 nitrogen and oxygen atoms in total. The van der Waals surface area contributed by atoms with Gasteiger partial charge in [0, 0.05) is 18.2 Å². The van der Waals surface area contributed by atoms with Crippen molar-refractivity contribution >= 4 is 11.7 Å². The normalized spacial score (nSPS) is 10.6. The summed E-state index contributed by atoms with van der Waals surface area (Å²) in [4.78, 5) is 23.3. The number of allylic oxidation sites excluding steroid dienone is 1. The molecule has 2 rings (SSSR count). The van der Waals surface area contributed by atoms with Crippen LogP contribution in [-0.4, -0.2) is 11.7 Å². The van der Waals surface area contributed by atoms with Crippen molar-refractivity contribution in [2.24, 2.45) is 0 Å². The monoisotopic (exact) mass is 301 g/mol. The first-order chi connectivity index (χ1) is 10.6. The van der Waals surface area contributed by atoms with E-state index in [0.29, 0.717) is 6.54 Å². The smallest absolute Gasteiger partial charge is 0.244 e. The summed E-state index contributed by atoms with van der Waals surface area (Å²) in [6.45, 7) is 0.337. The van der Waals surface area contributed by atoms with Gasteiger partial charge in [0.05, 0.1) is 0 Å². The van der Waals surface area contributed by atoms with Crippen LogP contribution in [0.25, 0.3) is 0 Å². The molecule has 0 aliphatic carbocycles. The molecule has 0 radical (unpaired) electrons. The van der Waals surface area contributed by atoms with Crippen LogP contribution in [0.3, 0.4) is 0 Å². The van der Waals surface area contributed by atoms with Gasteiger partial charge < -0.3 is 5.32 Å². The predicted octanol–water partition coefficient (Wildman–Crippen LogP) is 3.02. The Morgan fingerprint density at radius 1 is 0.955 bits per heavy atom. The molecule has 1 amide bonds. The number of carbonyl (C=O) groups is 2. The lowest BCUT2D eigenvalue weighted by Gasteiger charge is -2.01. The van der Waals surface area contributed by atoms with Crippen LogP contribution in [0, 0.1) is 11.6 Å². The molecule has 5 heteroatoms. The van der Waals surface area contributed by atoms with Gasteiger partial charge in [0.2, 0.25) is 5.91 Å². The van der Waals surface area contributed by atoms with Crippen LogP contribution in [0.5, 0.6) is 0 Å². The average Bonchev–Trinajstić information content (AvgIpc) is 2.54. The van der Waals surface area contributed by atoms with E-state index in [1.807, 2.05) is 30.3 Å². The molecule has 0 saturated carbocycles. The third-order valence-corrected chi connectivity index (χ3v) is 2.90. The molecular formula is C17H13F2NO2. The molecular weight excluding hydrogens is 288 g/mol. The van der Waals surface area contributed by atoms with Crippen LogP contribution >= 0.6 is 0 Å². The summed E-state index contributed by atoms with van der Waals surface area (Å²) in [5.74, 6) is -3.15. The van der Waals surface area contributed by atoms with Gasteiger partial charge in [-0.25, -0.2) is 8.78 Å². The molecule has 0 bridgehead atoms. The Hall–Kier alpha value is -2.82. The van der Waals surface area contributed by atoms with Gasteiger partial charge in [-0.15, -0.1) is 0 Å². The number of halogens is 2. The first kappa shape index (κ1) is 15.6. The first-order valence-electron chi connectivity index (χ1n) is 6.55. The van der Waals surface area contributed by atoms with E-state index in [0.717, 1.165) is 35.9 Å². The minimum absolute atomic E-state index is 0.0222. The lowest BCUT2D eigenvalue weighted by Crippen LogP contribution is -2.20. The molecule has 0 heterocycles. The van der Waals surface area contributed by atoms with Crippen molar-refractivity contribution in [3.05, 3.63) is 83.4 Å². The molecule has 2 aromatic rings. The maximum Gasteiger partial charge on any atom is 0.244 e. The van der Waals surface area contributed by atoms with Crippen LogP contribution in [0.2, 0.25) is 0 Å². The molecule has 22 heavy (non-hydrogen) atoms. The Morgan fingerprint density at radius 2 is 1.68 bits per heavy atom. The standard InChI is InChI=1S/C17H13F2NO2/c18-14-7-6-13(10-15(14)19)16(21)8-9-17(22)20-11-12-4-2-1-3-5-12/h1-10H,11H2,(H,20,22)/b9-8+. The highest BCUT2D eigenvalue weighted by Crippen LogP contribution is 2.09. The molecule has 0 atom stereocenters. The Labute approximate surface area is 126 Å². The zero-order valence-corrected chi connectivity index (χ0v) is 11.6. The van der Waals surface area contributed by atoms with E-state index in [2.05, 4.69) is 5.32 Å². The van der Waals surface area contributed by atoms with Crippen molar-refractivity contribution in [1.29, 1.82) is 0 Å². The van der Waals surface area contributed by atoms with Gasteiger partial charge in [-0.1, -0.05) is 30.3 Å². The maximum atomic E-state index is 13.0. The average molecular weight is 301 g/mol. The van der Waals surface area contributed by atoms with E-state index in [1.165, 1.54) is 0 Å². The number of hydrogen-bond acceptors (Lipinski definition) is 2. The topological polar surface area (TPSA) is 46.2 Å². The summed E-state index contributed by atoms with van der Waals surface area (Å²) >= 11 is 0. The Balaban J connectivity index is 1.91. The number of ketones is 1. The van der Waals surface area contributed by atoms with Crippen molar-refractivity contribution in [1.82, 2.24) is 5.32 Å². The van der Waals surface area contributed by atoms with Crippen molar-refractivity contribution in [3.63, 3.8) is 0 Å². The van der Waals surface area contributed by atoms with Crippen molar-refractivity contribution < 1.29 is 18.4 Å². The van der Waals surface area contributed by atoms with Gasteiger partial charge in [-0.2, -0.15) is 0 Å². The number of carbonyl (C=O) groups excluding carboxylic acids is 2. The number of amides is 1. The molecule has 0 saturated heterocycles. The molecule has 0 aliphatic heterocycles. The molecule has 2 aromatic carbocycles. The molecule has 0 aliphatic rings. The highest BCUT2D eigenvalue weighted by atomic mass is 19.2. The third-order valence-electron chi connectivity index (χ3n) is 2.90. The van der Waals surface area contributed by atoms with E-state index in [4.69, 9.17) is 0 Å². The minimum Gasteiger partial charge on any atom is -0.348 e. The molecule has 0 fully saturated rings. The van der Waals surface area contributed by atoms with Crippen LogP contribution in [0.1, 0.15) is 15.9 Å². The largest absolute Gasteiger partial charge is 0.348 e. The second-order valence-electron chi connectivity index (χ2n) is 4.53. The molecule has 1 N–H and O–H groups in total. The van der Waals surface area contributed by atoms with Crippen molar-refractivity contribution in [2.45, 2.75) is 6.54 Å². The van der Waals surface area contributed by atoms with Gasteiger partial charge in [-0.3, -0.25) is 9.59 Å². The lowest BCUT2D eigenvalue weighted by molar-refractivity contribution is -0.116. The maximum absolute atomic E-state index is 13.0. The second kappa shape index (κ2) is 7.26. The fraction of sp³-hybridized carbons (Fsp3) is 0.0588. The highest BCUT2D eigenvalue weighted by Gasteiger charge is 2.07.